The van der Waals surface area contributed by atoms with Gasteiger partial charge in [0.1, 0.15) is 0 Å². The number of carboxylic acid groups (broad SMARTS) is 1. The van der Waals surface area contributed by atoms with Gasteiger partial charge in [0.15, 0.2) is 6.10 Å². The van der Waals surface area contributed by atoms with Crippen LogP contribution in [0, 0.1) is 0 Å². The second kappa shape index (κ2) is 12.8. The molecule has 1 unspecified atom stereocenters. The van der Waals surface area contributed by atoms with Crippen LogP contribution in [-0.2, 0) is 27.3 Å². The van der Waals surface area contributed by atoms with E-state index in [-0.39, 0.29) is 12.3 Å². The Morgan fingerprint density at radius 1 is 1.10 bits per heavy atom. The Kier molecular flexibility index (Phi) is 10.2. The summed E-state index contributed by atoms with van der Waals surface area (Å²) in [4.78, 5) is 29.9. The maximum atomic E-state index is 12.3. The predicted molar refractivity (Wildman–Crippen MR) is 122 cm³/mol. The zero-order valence-electron chi connectivity index (χ0n) is 18.8. The van der Waals surface area contributed by atoms with E-state index in [2.05, 4.69) is 11.9 Å². The van der Waals surface area contributed by atoms with Crippen molar-refractivity contribution in [1.82, 2.24) is 9.88 Å². The molecule has 6 nitrogen and oxygen atoms in total. The van der Waals surface area contributed by atoms with E-state index in [4.69, 9.17) is 4.74 Å². The Labute approximate surface area is 185 Å². The van der Waals surface area contributed by atoms with Crippen LogP contribution in [0.3, 0.4) is 0 Å². The lowest BCUT2D eigenvalue weighted by Gasteiger charge is -2.18. The number of aliphatic carboxylic acids is 1. The number of aromatic nitrogens is 1. The smallest absolute Gasteiger partial charge is 0.333 e. The summed E-state index contributed by atoms with van der Waals surface area (Å²) in [7, 11) is 1.85. The third kappa shape index (κ3) is 8.13. The van der Waals surface area contributed by atoms with E-state index in [9.17, 15) is 14.7 Å². The van der Waals surface area contributed by atoms with Crippen LogP contribution in [0.5, 0.6) is 0 Å². The summed E-state index contributed by atoms with van der Waals surface area (Å²) in [5.74, 6) is -0.797. The third-order valence-corrected chi connectivity index (χ3v) is 5.20. The Balaban J connectivity index is 1.99. The van der Waals surface area contributed by atoms with E-state index >= 15 is 0 Å². The molecule has 0 aliphatic heterocycles. The van der Waals surface area contributed by atoms with E-state index in [1.54, 1.807) is 18.0 Å². The molecule has 0 radical (unpaired) electrons. The molecule has 1 heterocycles. The Bertz CT molecular complexity index is 836. The normalized spacial score (nSPS) is 11.8. The summed E-state index contributed by atoms with van der Waals surface area (Å²) >= 11 is 0. The molecule has 0 aliphatic carbocycles. The number of amides is 1. The lowest BCUT2D eigenvalue weighted by molar-refractivity contribution is -0.150. The fraction of sp³-hybridized carbons (Fsp3) is 0.480. The van der Waals surface area contributed by atoms with Crippen LogP contribution < -0.4 is 0 Å². The number of unbranched alkanes of at least 4 members (excludes halogenated alkanes) is 3. The van der Waals surface area contributed by atoms with Crippen LogP contribution in [-0.4, -0.2) is 46.6 Å². The number of benzene rings is 1. The monoisotopic (exact) mass is 426 g/mol. The standard InChI is InChI=1S/C25H34N2O4/c1-4-6-7-8-12-24(28)27(3)18-20-10-9-11-21(15-20)22-14-13-19(17-26-22)16-23(25(29)30)31-5-2/h9-11,13-15,17,23H,4-8,12,16,18H2,1-3H3,(H,29,30). The zero-order valence-corrected chi connectivity index (χ0v) is 18.8. The van der Waals surface area contributed by atoms with Gasteiger partial charge in [-0.05, 0) is 36.6 Å². The van der Waals surface area contributed by atoms with Crippen molar-refractivity contribution in [3.8, 4) is 11.3 Å². The summed E-state index contributed by atoms with van der Waals surface area (Å²) in [6.07, 6.45) is 6.09. The molecule has 6 heteroatoms. The van der Waals surface area contributed by atoms with Crippen LogP contribution in [0.15, 0.2) is 42.6 Å². The highest BCUT2D eigenvalue weighted by Gasteiger charge is 2.18. The molecule has 1 aromatic carbocycles. The van der Waals surface area contributed by atoms with Gasteiger partial charge in [-0.3, -0.25) is 9.78 Å². The second-order valence-electron chi connectivity index (χ2n) is 7.80. The Morgan fingerprint density at radius 3 is 2.55 bits per heavy atom. The average Bonchev–Trinajstić information content (AvgIpc) is 2.77. The first kappa shape index (κ1) is 24.5. The summed E-state index contributed by atoms with van der Waals surface area (Å²) in [6, 6.07) is 11.8. The van der Waals surface area contributed by atoms with Crippen LogP contribution in [0.25, 0.3) is 11.3 Å². The molecular weight excluding hydrogens is 392 g/mol. The minimum Gasteiger partial charge on any atom is -0.479 e. The Morgan fingerprint density at radius 2 is 1.90 bits per heavy atom. The number of carbonyl (C=O) groups is 2. The van der Waals surface area contributed by atoms with E-state index in [1.165, 1.54) is 12.8 Å². The number of carbonyl (C=O) groups excluding carboxylic acids is 1. The largest absolute Gasteiger partial charge is 0.479 e. The SMILES string of the molecule is CCCCCCC(=O)N(C)Cc1cccc(-c2ccc(CC(OCC)C(=O)O)cn2)c1. The molecule has 0 fully saturated rings. The fourth-order valence-corrected chi connectivity index (χ4v) is 3.43. The third-order valence-electron chi connectivity index (χ3n) is 5.20. The number of rotatable bonds is 13. The van der Waals surface area contributed by atoms with Crippen molar-refractivity contribution in [3.05, 3.63) is 53.7 Å². The molecule has 2 rings (SSSR count). The Hall–Kier alpha value is -2.73. The highest BCUT2D eigenvalue weighted by molar-refractivity contribution is 5.76. The van der Waals surface area contributed by atoms with Crippen molar-refractivity contribution >= 4 is 11.9 Å². The van der Waals surface area contributed by atoms with E-state index < -0.39 is 12.1 Å². The lowest BCUT2D eigenvalue weighted by Crippen LogP contribution is -2.26. The molecule has 0 saturated heterocycles. The van der Waals surface area contributed by atoms with Crippen LogP contribution >= 0.6 is 0 Å². The van der Waals surface area contributed by atoms with Crippen LogP contribution in [0.4, 0.5) is 0 Å². The number of hydrogen-bond donors (Lipinski definition) is 1. The van der Waals surface area contributed by atoms with Gasteiger partial charge in [-0.15, -0.1) is 0 Å². The van der Waals surface area contributed by atoms with Crippen molar-refractivity contribution in [1.29, 1.82) is 0 Å². The molecular formula is C25H34N2O4. The predicted octanol–water partition coefficient (Wildman–Crippen LogP) is 4.71. The van der Waals surface area contributed by atoms with Gasteiger partial charge in [-0.25, -0.2) is 4.79 Å². The zero-order chi connectivity index (χ0) is 22.6. The van der Waals surface area contributed by atoms with Gasteiger partial charge in [0, 0.05) is 44.8 Å². The first-order valence-corrected chi connectivity index (χ1v) is 11.1. The topological polar surface area (TPSA) is 79.7 Å². The number of pyridine rings is 1. The molecule has 0 saturated carbocycles. The van der Waals surface area contributed by atoms with Gasteiger partial charge in [-0.1, -0.05) is 50.5 Å². The van der Waals surface area contributed by atoms with Crippen molar-refractivity contribution in [2.45, 2.75) is 65.0 Å². The average molecular weight is 427 g/mol. The first-order chi connectivity index (χ1) is 14.9. The molecule has 0 spiro atoms. The van der Waals surface area contributed by atoms with Gasteiger partial charge in [0.05, 0.1) is 5.69 Å². The summed E-state index contributed by atoms with van der Waals surface area (Å²) in [6.45, 7) is 4.86. The molecule has 1 amide bonds. The minimum absolute atomic E-state index is 0.172. The van der Waals surface area contributed by atoms with Crippen molar-refractivity contribution in [2.24, 2.45) is 0 Å². The lowest BCUT2D eigenvalue weighted by atomic mass is 10.0. The number of hydrogen-bond acceptors (Lipinski definition) is 4. The molecule has 1 N–H and O–H groups in total. The van der Waals surface area contributed by atoms with Crippen molar-refractivity contribution in [2.75, 3.05) is 13.7 Å². The molecule has 0 aliphatic rings. The van der Waals surface area contributed by atoms with Gasteiger partial charge >= 0.3 is 5.97 Å². The highest BCUT2D eigenvalue weighted by atomic mass is 16.5. The molecule has 2 aromatic rings. The van der Waals surface area contributed by atoms with Crippen LogP contribution in [0.1, 0.15) is 57.1 Å². The van der Waals surface area contributed by atoms with Crippen molar-refractivity contribution < 1.29 is 19.4 Å². The molecule has 31 heavy (non-hydrogen) atoms. The van der Waals surface area contributed by atoms with Crippen LogP contribution in [0.2, 0.25) is 0 Å². The van der Waals surface area contributed by atoms with E-state index in [1.807, 2.05) is 43.4 Å². The van der Waals surface area contributed by atoms with Gasteiger partial charge in [0.2, 0.25) is 5.91 Å². The summed E-state index contributed by atoms with van der Waals surface area (Å²) in [5, 5.41) is 9.24. The number of nitrogens with zero attached hydrogens (tertiary/aromatic N) is 2. The minimum atomic E-state index is -0.970. The molecule has 1 atom stereocenters. The highest BCUT2D eigenvalue weighted by Crippen LogP contribution is 2.20. The van der Waals surface area contributed by atoms with Crippen molar-refractivity contribution in [3.63, 3.8) is 0 Å². The van der Waals surface area contributed by atoms with E-state index in [0.29, 0.717) is 19.6 Å². The van der Waals surface area contributed by atoms with Gasteiger partial charge in [0.25, 0.3) is 0 Å². The molecule has 1 aromatic heterocycles. The fourth-order valence-electron chi connectivity index (χ4n) is 3.43. The van der Waals surface area contributed by atoms with Gasteiger partial charge < -0.3 is 14.7 Å². The number of ether oxygens (including phenoxy) is 1. The quantitative estimate of drug-likeness (QED) is 0.469. The first-order valence-electron chi connectivity index (χ1n) is 11.1. The molecule has 168 valence electrons. The molecule has 0 bridgehead atoms. The van der Waals surface area contributed by atoms with E-state index in [0.717, 1.165) is 35.2 Å². The summed E-state index contributed by atoms with van der Waals surface area (Å²) < 4.78 is 5.27. The summed E-state index contributed by atoms with van der Waals surface area (Å²) in [5.41, 5.74) is 3.64. The second-order valence-corrected chi connectivity index (χ2v) is 7.80. The van der Waals surface area contributed by atoms with Gasteiger partial charge in [-0.2, -0.15) is 0 Å². The number of carboxylic acids is 1. The maximum Gasteiger partial charge on any atom is 0.333 e. The maximum absolute atomic E-state index is 12.3.